The molecule has 0 atom stereocenters. The van der Waals surface area contributed by atoms with Crippen LogP contribution >= 0.6 is 43.6 Å². The predicted molar refractivity (Wildman–Crippen MR) is 53.2 cm³/mol. The van der Waals surface area contributed by atoms with Crippen LogP contribution in [0.15, 0.2) is 21.0 Å². The van der Waals surface area contributed by atoms with Crippen LogP contribution in [0, 0.1) is 0 Å². The second-order valence-corrected chi connectivity index (χ2v) is 3.81. The van der Waals surface area contributed by atoms with Crippen molar-refractivity contribution in [1.82, 2.24) is 0 Å². The van der Waals surface area contributed by atoms with E-state index in [-0.39, 0.29) is 0 Å². The standard InChI is InChI=1S/C6H8Br2S/c1-2-9-4-3-6(8)5-7/h3-5H,2H2,1H3/b4-3+,6-5-. The lowest BCUT2D eigenvalue weighted by Gasteiger charge is -1.84. The minimum Gasteiger partial charge on any atom is -0.134 e. The zero-order chi connectivity index (χ0) is 7.11. The Morgan fingerprint density at radius 1 is 1.67 bits per heavy atom. The van der Waals surface area contributed by atoms with Gasteiger partial charge >= 0.3 is 0 Å². The maximum absolute atomic E-state index is 3.32. The third-order valence-electron chi connectivity index (χ3n) is 0.594. The van der Waals surface area contributed by atoms with Crippen LogP contribution < -0.4 is 0 Å². The van der Waals surface area contributed by atoms with Crippen LogP contribution in [-0.4, -0.2) is 5.75 Å². The number of allylic oxidation sites excluding steroid dienone is 2. The van der Waals surface area contributed by atoms with Gasteiger partial charge in [0.05, 0.1) is 0 Å². The molecule has 0 aromatic rings. The lowest BCUT2D eigenvalue weighted by Crippen LogP contribution is -1.58. The molecule has 0 bridgehead atoms. The molecule has 0 rings (SSSR count). The highest BCUT2D eigenvalue weighted by Crippen LogP contribution is 2.11. The molecular formula is C6H8Br2S. The molecule has 0 N–H and O–H groups in total. The van der Waals surface area contributed by atoms with E-state index >= 15 is 0 Å². The molecule has 0 radical (unpaired) electrons. The first-order valence-electron chi connectivity index (χ1n) is 2.55. The first kappa shape index (κ1) is 9.79. The topological polar surface area (TPSA) is 0 Å². The zero-order valence-corrected chi connectivity index (χ0v) is 9.09. The van der Waals surface area contributed by atoms with Gasteiger partial charge < -0.3 is 0 Å². The van der Waals surface area contributed by atoms with E-state index in [1.807, 2.05) is 11.1 Å². The minimum absolute atomic E-state index is 1.06. The molecule has 0 saturated carbocycles. The van der Waals surface area contributed by atoms with E-state index in [0.29, 0.717) is 0 Å². The number of hydrogen-bond acceptors (Lipinski definition) is 1. The summed E-state index contributed by atoms with van der Waals surface area (Å²) < 4.78 is 1.06. The Kier molecular flexibility index (Phi) is 7.51. The minimum atomic E-state index is 1.06. The fourth-order valence-corrected chi connectivity index (χ4v) is 1.14. The van der Waals surface area contributed by atoms with E-state index in [0.717, 1.165) is 10.2 Å². The molecule has 3 heteroatoms. The van der Waals surface area contributed by atoms with Crippen LogP contribution in [0.4, 0.5) is 0 Å². The van der Waals surface area contributed by atoms with Crippen molar-refractivity contribution in [2.75, 3.05) is 5.75 Å². The molecule has 0 amide bonds. The van der Waals surface area contributed by atoms with Crippen molar-refractivity contribution in [3.63, 3.8) is 0 Å². The molecule has 0 spiro atoms. The second-order valence-electron chi connectivity index (χ2n) is 1.25. The Morgan fingerprint density at radius 3 is 2.78 bits per heavy atom. The summed E-state index contributed by atoms with van der Waals surface area (Å²) in [7, 11) is 0. The van der Waals surface area contributed by atoms with E-state index in [4.69, 9.17) is 0 Å². The van der Waals surface area contributed by atoms with Crippen molar-refractivity contribution < 1.29 is 0 Å². The van der Waals surface area contributed by atoms with E-state index < -0.39 is 0 Å². The van der Waals surface area contributed by atoms with Crippen molar-refractivity contribution in [2.24, 2.45) is 0 Å². The molecule has 0 aliphatic carbocycles. The SMILES string of the molecule is CCS/C=C/C(Br)=C/Br. The Labute approximate surface area is 77.0 Å². The summed E-state index contributed by atoms with van der Waals surface area (Å²) in [6.45, 7) is 2.13. The Bertz CT molecular complexity index is 118. The second kappa shape index (κ2) is 6.90. The monoisotopic (exact) mass is 270 g/mol. The van der Waals surface area contributed by atoms with Crippen molar-refractivity contribution in [3.05, 3.63) is 21.0 Å². The number of rotatable bonds is 3. The fraction of sp³-hybridized carbons (Fsp3) is 0.333. The average molecular weight is 272 g/mol. The number of hydrogen-bond donors (Lipinski definition) is 0. The first-order chi connectivity index (χ1) is 4.31. The van der Waals surface area contributed by atoms with Crippen molar-refractivity contribution in [2.45, 2.75) is 6.92 Å². The molecule has 0 aliphatic heterocycles. The number of thioether (sulfide) groups is 1. The highest BCUT2D eigenvalue weighted by atomic mass is 79.9. The van der Waals surface area contributed by atoms with E-state index in [9.17, 15) is 0 Å². The summed E-state index contributed by atoms with van der Waals surface area (Å²) >= 11 is 8.30. The summed E-state index contributed by atoms with van der Waals surface area (Å²) in [5.41, 5.74) is 0. The molecule has 52 valence electrons. The maximum Gasteiger partial charge on any atom is 0.0249 e. The summed E-state index contributed by atoms with van der Waals surface area (Å²) in [5.74, 6) is 1.12. The van der Waals surface area contributed by atoms with Gasteiger partial charge in [-0.1, -0.05) is 38.8 Å². The molecular weight excluding hydrogens is 264 g/mol. The van der Waals surface area contributed by atoms with Crippen LogP contribution in [-0.2, 0) is 0 Å². The van der Waals surface area contributed by atoms with Gasteiger partial charge in [-0.3, -0.25) is 0 Å². The van der Waals surface area contributed by atoms with E-state index in [1.54, 1.807) is 11.8 Å². The van der Waals surface area contributed by atoms with Crippen LogP contribution in [0.25, 0.3) is 0 Å². The summed E-state index contributed by atoms with van der Waals surface area (Å²) in [5, 5.41) is 2.06. The molecule has 0 aliphatic rings. The predicted octanol–water partition coefficient (Wildman–Crippen LogP) is 3.88. The Balaban J connectivity index is 3.45. The molecule has 0 nitrogen and oxygen atoms in total. The molecule has 0 aromatic carbocycles. The van der Waals surface area contributed by atoms with E-state index in [2.05, 4.69) is 44.2 Å². The first-order valence-corrected chi connectivity index (χ1v) is 5.31. The fourth-order valence-electron chi connectivity index (χ4n) is 0.246. The third kappa shape index (κ3) is 6.68. The van der Waals surface area contributed by atoms with Crippen molar-refractivity contribution >= 4 is 43.6 Å². The average Bonchev–Trinajstić information content (AvgIpc) is 1.89. The highest BCUT2D eigenvalue weighted by Gasteiger charge is 1.78. The lowest BCUT2D eigenvalue weighted by atomic mass is 10.6. The summed E-state index contributed by atoms with van der Waals surface area (Å²) in [4.78, 5) is 1.83. The largest absolute Gasteiger partial charge is 0.134 e. The quantitative estimate of drug-likeness (QED) is 0.702. The van der Waals surface area contributed by atoms with Crippen LogP contribution in [0.5, 0.6) is 0 Å². The number of halogens is 2. The molecule has 0 fully saturated rings. The summed E-state index contributed by atoms with van der Waals surface area (Å²) in [6.07, 6.45) is 2.00. The van der Waals surface area contributed by atoms with Gasteiger partial charge in [-0.25, -0.2) is 0 Å². The Hall–Kier alpha value is 0.790. The molecule has 9 heavy (non-hydrogen) atoms. The van der Waals surface area contributed by atoms with Crippen LogP contribution in [0.2, 0.25) is 0 Å². The van der Waals surface area contributed by atoms with Gasteiger partial charge in [0.1, 0.15) is 0 Å². The smallest absolute Gasteiger partial charge is 0.0249 e. The van der Waals surface area contributed by atoms with Crippen molar-refractivity contribution in [3.8, 4) is 0 Å². The van der Waals surface area contributed by atoms with Crippen LogP contribution in [0.1, 0.15) is 6.92 Å². The Morgan fingerprint density at radius 2 is 2.33 bits per heavy atom. The van der Waals surface area contributed by atoms with Gasteiger partial charge in [-0.2, -0.15) is 0 Å². The van der Waals surface area contributed by atoms with Gasteiger partial charge in [0.25, 0.3) is 0 Å². The lowest BCUT2D eigenvalue weighted by molar-refractivity contribution is 1.54. The van der Waals surface area contributed by atoms with Gasteiger partial charge in [-0.05, 0) is 22.2 Å². The van der Waals surface area contributed by atoms with Gasteiger partial charge in [-0.15, -0.1) is 11.8 Å². The van der Waals surface area contributed by atoms with Crippen molar-refractivity contribution in [1.29, 1.82) is 0 Å². The maximum atomic E-state index is 3.32. The van der Waals surface area contributed by atoms with Gasteiger partial charge in [0.15, 0.2) is 0 Å². The molecule has 0 aromatic heterocycles. The van der Waals surface area contributed by atoms with Gasteiger partial charge in [0, 0.05) is 4.48 Å². The third-order valence-corrected chi connectivity index (χ3v) is 2.86. The van der Waals surface area contributed by atoms with E-state index in [1.165, 1.54) is 0 Å². The van der Waals surface area contributed by atoms with Gasteiger partial charge in [0.2, 0.25) is 0 Å². The highest BCUT2D eigenvalue weighted by molar-refractivity contribution is 9.14. The molecule has 0 heterocycles. The zero-order valence-electron chi connectivity index (χ0n) is 5.10. The molecule has 0 unspecified atom stereocenters. The normalized spacial score (nSPS) is 13.0. The van der Waals surface area contributed by atoms with Crippen LogP contribution in [0.3, 0.4) is 0 Å². The summed E-state index contributed by atoms with van der Waals surface area (Å²) in [6, 6.07) is 0. The molecule has 0 saturated heterocycles.